The first-order valence-corrected chi connectivity index (χ1v) is 6.75. The largest absolute Gasteiger partial charge is 0.466 e. The Bertz CT molecular complexity index is 628. The van der Waals surface area contributed by atoms with Crippen molar-refractivity contribution in [1.82, 2.24) is 0 Å². The van der Waals surface area contributed by atoms with Crippen LogP contribution in [0, 0.1) is 0 Å². The molecule has 0 amide bonds. The zero-order chi connectivity index (χ0) is 16.3. The molecule has 2 aromatic rings. The van der Waals surface area contributed by atoms with Crippen LogP contribution in [0.2, 0.25) is 0 Å². The van der Waals surface area contributed by atoms with E-state index in [4.69, 9.17) is 14.2 Å². The topological polar surface area (TPSA) is 61.8 Å². The lowest BCUT2D eigenvalue weighted by atomic mass is 10.2. The molecule has 0 N–H and O–H groups in total. The lowest BCUT2D eigenvalue weighted by molar-refractivity contribution is 0.0654. The molecule has 0 fully saturated rings. The second-order valence-corrected chi connectivity index (χ2v) is 4.22. The van der Waals surface area contributed by atoms with Crippen molar-refractivity contribution in [2.45, 2.75) is 0 Å². The van der Waals surface area contributed by atoms with Crippen LogP contribution >= 0.6 is 0 Å². The molecule has 0 aliphatic carbocycles. The normalized spacial score (nSPS) is 10.6. The molecule has 0 saturated carbocycles. The molecule has 0 radical (unpaired) electrons. The van der Waals surface area contributed by atoms with Crippen molar-refractivity contribution in [2.75, 3.05) is 0 Å². The number of benzene rings is 2. The Kier molecular flexibility index (Phi) is 6.16. The minimum atomic E-state index is -0.495. The third-order valence-electron chi connectivity index (χ3n) is 2.64. The summed E-state index contributed by atoms with van der Waals surface area (Å²) in [4.78, 5) is 23.1. The van der Waals surface area contributed by atoms with Gasteiger partial charge in [0.2, 0.25) is 0 Å². The highest BCUT2D eigenvalue weighted by Gasteiger charge is 2.03. The van der Waals surface area contributed by atoms with Gasteiger partial charge in [-0.15, -0.1) is 0 Å². The summed E-state index contributed by atoms with van der Waals surface area (Å²) < 4.78 is 14.6. The lowest BCUT2D eigenvalue weighted by Crippen LogP contribution is -2.00. The van der Waals surface area contributed by atoms with Crippen LogP contribution in [0.25, 0.3) is 0 Å². The predicted octanol–water partition coefficient (Wildman–Crippen LogP) is 3.66. The SMILES string of the molecule is O=C(OC=COC=COC(=O)c1ccccc1)c1ccccc1. The fraction of sp³-hybridized carbons (Fsp3) is 0. The fourth-order valence-electron chi connectivity index (χ4n) is 1.57. The molecule has 0 spiro atoms. The summed E-state index contributed by atoms with van der Waals surface area (Å²) in [6, 6.07) is 17.1. The molecule has 5 nitrogen and oxygen atoms in total. The van der Waals surface area contributed by atoms with Gasteiger partial charge in [-0.1, -0.05) is 36.4 Å². The molecule has 0 heterocycles. The monoisotopic (exact) mass is 310 g/mol. The van der Waals surface area contributed by atoms with Crippen LogP contribution in [0.4, 0.5) is 0 Å². The molecule has 2 aromatic carbocycles. The zero-order valence-electron chi connectivity index (χ0n) is 12.1. The molecule has 0 unspecified atom stereocenters. The van der Waals surface area contributed by atoms with E-state index in [0.29, 0.717) is 11.1 Å². The molecule has 5 heteroatoms. The van der Waals surface area contributed by atoms with Crippen molar-refractivity contribution in [3.8, 4) is 0 Å². The average Bonchev–Trinajstić information content (AvgIpc) is 2.62. The number of rotatable bonds is 6. The van der Waals surface area contributed by atoms with Gasteiger partial charge in [0.15, 0.2) is 0 Å². The molecule has 0 bridgehead atoms. The number of carbonyl (C=O) groups excluding carboxylic acids is 2. The highest BCUT2D eigenvalue weighted by Crippen LogP contribution is 2.02. The van der Waals surface area contributed by atoms with Crippen LogP contribution in [-0.2, 0) is 14.2 Å². The van der Waals surface area contributed by atoms with E-state index in [1.54, 1.807) is 60.7 Å². The van der Waals surface area contributed by atoms with Crippen LogP contribution < -0.4 is 0 Å². The van der Waals surface area contributed by atoms with Gasteiger partial charge in [-0.3, -0.25) is 0 Å². The summed E-state index contributed by atoms with van der Waals surface area (Å²) in [7, 11) is 0. The van der Waals surface area contributed by atoms with Gasteiger partial charge in [0.05, 0.1) is 11.1 Å². The van der Waals surface area contributed by atoms with Crippen LogP contribution in [0.5, 0.6) is 0 Å². The third-order valence-corrected chi connectivity index (χ3v) is 2.64. The number of esters is 2. The van der Waals surface area contributed by atoms with Gasteiger partial charge in [-0.05, 0) is 24.3 Å². The Balaban J connectivity index is 1.68. The van der Waals surface area contributed by atoms with Gasteiger partial charge >= 0.3 is 11.9 Å². The summed E-state index contributed by atoms with van der Waals surface area (Å²) in [5.41, 5.74) is 0.869. The Morgan fingerprint density at radius 3 is 1.39 bits per heavy atom. The maximum Gasteiger partial charge on any atom is 0.343 e. The number of hydrogen-bond acceptors (Lipinski definition) is 5. The smallest absolute Gasteiger partial charge is 0.343 e. The van der Waals surface area contributed by atoms with Crippen molar-refractivity contribution in [3.63, 3.8) is 0 Å². The maximum absolute atomic E-state index is 11.6. The second kappa shape index (κ2) is 8.84. The molecule has 116 valence electrons. The molecule has 0 aromatic heterocycles. The molecular formula is C18H14O5. The second-order valence-electron chi connectivity index (χ2n) is 4.22. The summed E-state index contributed by atoms with van der Waals surface area (Å²) in [5, 5.41) is 0. The van der Waals surface area contributed by atoms with Crippen LogP contribution in [0.3, 0.4) is 0 Å². The number of ether oxygens (including phenoxy) is 3. The first-order valence-electron chi connectivity index (χ1n) is 6.75. The van der Waals surface area contributed by atoms with Gasteiger partial charge in [0.1, 0.15) is 25.0 Å². The molecule has 2 rings (SSSR count). The van der Waals surface area contributed by atoms with E-state index in [1.807, 2.05) is 0 Å². The van der Waals surface area contributed by atoms with Crippen LogP contribution in [-0.4, -0.2) is 11.9 Å². The number of hydrogen-bond donors (Lipinski definition) is 0. The molecule has 0 atom stereocenters. The van der Waals surface area contributed by atoms with Gasteiger partial charge in [-0.2, -0.15) is 0 Å². The first-order chi connectivity index (χ1) is 11.3. The summed E-state index contributed by atoms with van der Waals surface area (Å²) in [5.74, 6) is -0.991. The van der Waals surface area contributed by atoms with Crippen molar-refractivity contribution < 1.29 is 23.8 Å². The van der Waals surface area contributed by atoms with Gasteiger partial charge < -0.3 is 14.2 Å². The fourth-order valence-corrected chi connectivity index (χ4v) is 1.57. The standard InChI is InChI=1S/C18H14O5/c19-17(15-7-3-1-4-8-15)22-13-11-21-12-14-23-18(20)16-9-5-2-6-10-16/h1-14H. The average molecular weight is 310 g/mol. The highest BCUT2D eigenvalue weighted by atomic mass is 16.6. The highest BCUT2D eigenvalue weighted by molar-refractivity contribution is 5.90. The van der Waals surface area contributed by atoms with Gasteiger partial charge in [-0.25, -0.2) is 9.59 Å². The zero-order valence-corrected chi connectivity index (χ0v) is 12.1. The van der Waals surface area contributed by atoms with Gasteiger partial charge in [0.25, 0.3) is 0 Å². The number of carbonyl (C=O) groups is 2. The molecular weight excluding hydrogens is 296 g/mol. The van der Waals surface area contributed by atoms with Crippen molar-refractivity contribution in [1.29, 1.82) is 0 Å². The first kappa shape index (κ1) is 16.0. The minimum Gasteiger partial charge on any atom is -0.466 e. The molecule has 0 saturated heterocycles. The van der Waals surface area contributed by atoms with Crippen molar-refractivity contribution in [3.05, 3.63) is 96.8 Å². The van der Waals surface area contributed by atoms with E-state index in [2.05, 4.69) is 0 Å². The Labute approximate surface area is 133 Å². The van der Waals surface area contributed by atoms with E-state index in [1.165, 1.54) is 0 Å². The van der Waals surface area contributed by atoms with E-state index < -0.39 is 11.9 Å². The maximum atomic E-state index is 11.6. The molecule has 23 heavy (non-hydrogen) atoms. The molecule has 0 aliphatic rings. The van der Waals surface area contributed by atoms with Crippen molar-refractivity contribution in [2.24, 2.45) is 0 Å². The van der Waals surface area contributed by atoms with Crippen LogP contribution in [0.15, 0.2) is 85.7 Å². The third kappa shape index (κ3) is 5.51. The van der Waals surface area contributed by atoms with Gasteiger partial charge in [0, 0.05) is 0 Å². The van der Waals surface area contributed by atoms with Crippen LogP contribution in [0.1, 0.15) is 20.7 Å². The minimum absolute atomic E-state index is 0.435. The quantitative estimate of drug-likeness (QED) is 0.602. The Morgan fingerprint density at radius 2 is 1.00 bits per heavy atom. The molecule has 0 aliphatic heterocycles. The summed E-state index contributed by atoms with van der Waals surface area (Å²) >= 11 is 0. The Morgan fingerprint density at radius 1 is 0.609 bits per heavy atom. The predicted molar refractivity (Wildman–Crippen MR) is 83.1 cm³/mol. The van der Waals surface area contributed by atoms with E-state index in [-0.39, 0.29) is 0 Å². The van der Waals surface area contributed by atoms with E-state index in [0.717, 1.165) is 25.0 Å². The van der Waals surface area contributed by atoms with Crippen molar-refractivity contribution >= 4 is 11.9 Å². The summed E-state index contributed by atoms with van der Waals surface area (Å²) in [6.45, 7) is 0. The summed E-state index contributed by atoms with van der Waals surface area (Å²) in [6.07, 6.45) is 4.48. The Hall–Kier alpha value is -3.34. The van der Waals surface area contributed by atoms with E-state index in [9.17, 15) is 9.59 Å². The van der Waals surface area contributed by atoms with E-state index >= 15 is 0 Å². The lowest BCUT2D eigenvalue weighted by Gasteiger charge is -1.99.